The fourth-order valence-electron chi connectivity index (χ4n) is 1.15. The molecule has 0 saturated heterocycles. The maximum absolute atomic E-state index is 5.21. The number of ether oxygens (including phenoxy) is 1. The van der Waals surface area contributed by atoms with Gasteiger partial charge in [0.1, 0.15) is 11.4 Å². The van der Waals surface area contributed by atoms with Gasteiger partial charge in [0, 0.05) is 6.20 Å². The molecular formula is C10H9NOS. The molecule has 2 aromatic rings. The summed E-state index contributed by atoms with van der Waals surface area (Å²) in [6.45, 7) is 0. The highest BCUT2D eigenvalue weighted by Gasteiger charge is 2.05. The first-order valence-electron chi connectivity index (χ1n) is 3.94. The van der Waals surface area contributed by atoms with Crippen LogP contribution in [-0.2, 0) is 0 Å². The molecule has 0 aliphatic rings. The second-order valence-electron chi connectivity index (χ2n) is 2.53. The average molecular weight is 191 g/mol. The maximum Gasteiger partial charge on any atom is 0.145 e. The monoisotopic (exact) mass is 191 g/mol. The van der Waals surface area contributed by atoms with Crippen molar-refractivity contribution < 1.29 is 4.74 Å². The summed E-state index contributed by atoms with van der Waals surface area (Å²) < 4.78 is 5.21. The third kappa shape index (κ3) is 1.55. The van der Waals surface area contributed by atoms with Crippen LogP contribution in [0.3, 0.4) is 0 Å². The molecule has 0 aliphatic heterocycles. The number of pyridine rings is 1. The standard InChI is InChI=1S/C10H9NOS/c1-12-8-4-2-6-11-10(8)9-5-3-7-13-9/h2-7H,1H3. The molecule has 0 radical (unpaired) electrons. The molecule has 0 unspecified atom stereocenters. The smallest absolute Gasteiger partial charge is 0.145 e. The number of rotatable bonds is 2. The van der Waals surface area contributed by atoms with Crippen LogP contribution in [0.1, 0.15) is 0 Å². The Kier molecular flexibility index (Phi) is 2.27. The van der Waals surface area contributed by atoms with E-state index in [1.807, 2.05) is 29.6 Å². The van der Waals surface area contributed by atoms with Crippen molar-refractivity contribution in [1.82, 2.24) is 4.98 Å². The van der Waals surface area contributed by atoms with E-state index < -0.39 is 0 Å². The van der Waals surface area contributed by atoms with E-state index in [-0.39, 0.29) is 0 Å². The molecule has 3 heteroatoms. The average Bonchev–Trinajstić information content (AvgIpc) is 2.70. The van der Waals surface area contributed by atoms with Crippen molar-refractivity contribution in [3.63, 3.8) is 0 Å². The normalized spacial score (nSPS) is 9.92. The van der Waals surface area contributed by atoms with Crippen LogP contribution in [0.2, 0.25) is 0 Å². The maximum atomic E-state index is 5.21. The van der Waals surface area contributed by atoms with Gasteiger partial charge in [-0.3, -0.25) is 4.98 Å². The first-order chi connectivity index (χ1) is 6.42. The van der Waals surface area contributed by atoms with E-state index in [1.54, 1.807) is 24.6 Å². The van der Waals surface area contributed by atoms with Crippen LogP contribution in [0.4, 0.5) is 0 Å². The summed E-state index contributed by atoms with van der Waals surface area (Å²) in [6, 6.07) is 7.83. The number of nitrogens with zero attached hydrogens (tertiary/aromatic N) is 1. The summed E-state index contributed by atoms with van der Waals surface area (Å²) in [4.78, 5) is 5.41. The molecule has 0 spiro atoms. The lowest BCUT2D eigenvalue weighted by atomic mass is 10.3. The van der Waals surface area contributed by atoms with Crippen LogP contribution in [0.5, 0.6) is 5.75 Å². The highest BCUT2D eigenvalue weighted by molar-refractivity contribution is 7.13. The van der Waals surface area contributed by atoms with Gasteiger partial charge in [-0.25, -0.2) is 0 Å². The minimum absolute atomic E-state index is 0.824. The summed E-state index contributed by atoms with van der Waals surface area (Å²) in [5.74, 6) is 0.824. The van der Waals surface area contributed by atoms with Crippen molar-refractivity contribution in [2.24, 2.45) is 0 Å². The minimum Gasteiger partial charge on any atom is -0.494 e. The van der Waals surface area contributed by atoms with Gasteiger partial charge in [-0.2, -0.15) is 0 Å². The molecular weight excluding hydrogens is 182 g/mol. The lowest BCUT2D eigenvalue weighted by Gasteiger charge is -2.03. The number of aromatic nitrogens is 1. The lowest BCUT2D eigenvalue weighted by Crippen LogP contribution is -1.88. The Bertz CT molecular complexity index is 384. The zero-order chi connectivity index (χ0) is 9.10. The molecule has 2 nitrogen and oxygen atoms in total. The van der Waals surface area contributed by atoms with Crippen molar-refractivity contribution in [2.45, 2.75) is 0 Å². The van der Waals surface area contributed by atoms with Crippen LogP contribution >= 0.6 is 11.3 Å². The zero-order valence-corrected chi connectivity index (χ0v) is 8.04. The van der Waals surface area contributed by atoms with E-state index >= 15 is 0 Å². The van der Waals surface area contributed by atoms with Crippen LogP contribution in [-0.4, -0.2) is 12.1 Å². The quantitative estimate of drug-likeness (QED) is 0.728. The van der Waals surface area contributed by atoms with Gasteiger partial charge in [0.25, 0.3) is 0 Å². The molecule has 0 amide bonds. The molecule has 13 heavy (non-hydrogen) atoms. The number of thiophene rings is 1. The van der Waals surface area contributed by atoms with E-state index in [0.717, 1.165) is 16.3 Å². The third-order valence-corrected chi connectivity index (χ3v) is 2.62. The molecule has 0 bridgehead atoms. The Labute approximate surface area is 80.8 Å². The Morgan fingerprint density at radius 3 is 2.92 bits per heavy atom. The molecule has 0 saturated carbocycles. The Morgan fingerprint density at radius 1 is 1.31 bits per heavy atom. The molecule has 0 N–H and O–H groups in total. The van der Waals surface area contributed by atoms with Gasteiger partial charge in [0.05, 0.1) is 12.0 Å². The third-order valence-electron chi connectivity index (χ3n) is 1.75. The molecule has 0 fully saturated rings. The molecule has 2 heterocycles. The van der Waals surface area contributed by atoms with Gasteiger partial charge in [0.15, 0.2) is 0 Å². The molecule has 0 aliphatic carbocycles. The van der Waals surface area contributed by atoms with Crippen LogP contribution < -0.4 is 4.74 Å². The topological polar surface area (TPSA) is 22.1 Å². The van der Waals surface area contributed by atoms with Crippen LogP contribution in [0.15, 0.2) is 35.8 Å². The fraction of sp³-hybridized carbons (Fsp3) is 0.100. The van der Waals surface area contributed by atoms with Gasteiger partial charge in [-0.05, 0) is 23.6 Å². The highest BCUT2D eigenvalue weighted by Crippen LogP contribution is 2.30. The van der Waals surface area contributed by atoms with Crippen molar-refractivity contribution >= 4 is 11.3 Å². The SMILES string of the molecule is COc1cccnc1-c1cccs1. The van der Waals surface area contributed by atoms with Crippen molar-refractivity contribution in [3.8, 4) is 16.3 Å². The second kappa shape index (κ2) is 3.58. The van der Waals surface area contributed by atoms with Crippen molar-refractivity contribution in [2.75, 3.05) is 7.11 Å². The Morgan fingerprint density at radius 2 is 2.23 bits per heavy atom. The molecule has 2 aromatic heterocycles. The summed E-state index contributed by atoms with van der Waals surface area (Å²) in [6.07, 6.45) is 1.78. The van der Waals surface area contributed by atoms with Gasteiger partial charge < -0.3 is 4.74 Å². The zero-order valence-electron chi connectivity index (χ0n) is 7.23. The molecule has 0 aromatic carbocycles. The summed E-state index contributed by atoms with van der Waals surface area (Å²) >= 11 is 1.66. The van der Waals surface area contributed by atoms with Crippen LogP contribution in [0, 0.1) is 0 Å². The van der Waals surface area contributed by atoms with E-state index in [2.05, 4.69) is 4.98 Å². The summed E-state index contributed by atoms with van der Waals surface area (Å²) in [5.41, 5.74) is 0.917. The molecule has 2 rings (SSSR count). The Hall–Kier alpha value is -1.35. The van der Waals surface area contributed by atoms with Crippen molar-refractivity contribution in [1.29, 1.82) is 0 Å². The highest BCUT2D eigenvalue weighted by atomic mass is 32.1. The Balaban J connectivity index is 2.51. The lowest BCUT2D eigenvalue weighted by molar-refractivity contribution is 0.415. The van der Waals surface area contributed by atoms with E-state index in [4.69, 9.17) is 4.74 Å². The number of methoxy groups -OCH3 is 1. The second-order valence-corrected chi connectivity index (χ2v) is 3.48. The van der Waals surface area contributed by atoms with Gasteiger partial charge in [-0.1, -0.05) is 6.07 Å². The van der Waals surface area contributed by atoms with E-state index in [1.165, 1.54) is 0 Å². The molecule has 66 valence electrons. The number of hydrogen-bond donors (Lipinski definition) is 0. The first kappa shape index (κ1) is 8.26. The van der Waals surface area contributed by atoms with Gasteiger partial charge >= 0.3 is 0 Å². The predicted octanol–water partition coefficient (Wildman–Crippen LogP) is 2.82. The van der Waals surface area contributed by atoms with Crippen molar-refractivity contribution in [3.05, 3.63) is 35.8 Å². The van der Waals surface area contributed by atoms with E-state index in [9.17, 15) is 0 Å². The summed E-state index contributed by atoms with van der Waals surface area (Å²) in [5, 5.41) is 2.03. The van der Waals surface area contributed by atoms with Gasteiger partial charge in [-0.15, -0.1) is 11.3 Å². The van der Waals surface area contributed by atoms with Gasteiger partial charge in [0.2, 0.25) is 0 Å². The number of hydrogen-bond acceptors (Lipinski definition) is 3. The summed E-state index contributed by atoms with van der Waals surface area (Å²) in [7, 11) is 1.66. The van der Waals surface area contributed by atoms with Crippen LogP contribution in [0.25, 0.3) is 10.6 Å². The molecule has 0 atom stereocenters. The van der Waals surface area contributed by atoms with E-state index in [0.29, 0.717) is 0 Å². The first-order valence-corrected chi connectivity index (χ1v) is 4.82. The predicted molar refractivity (Wildman–Crippen MR) is 54.1 cm³/mol. The fourth-order valence-corrected chi connectivity index (χ4v) is 1.88. The minimum atomic E-state index is 0.824. The largest absolute Gasteiger partial charge is 0.494 e.